The highest BCUT2D eigenvalue weighted by molar-refractivity contribution is 5.81. The van der Waals surface area contributed by atoms with Gasteiger partial charge in [0.05, 0.1) is 0 Å². The van der Waals surface area contributed by atoms with E-state index in [1.165, 1.54) is 6.42 Å². The molecule has 1 aliphatic rings. The van der Waals surface area contributed by atoms with Gasteiger partial charge < -0.3 is 10.0 Å². The molecule has 0 heterocycles. The standard InChI is InChI=1S/C15H29NO2/c1-4-13-6-7-15(18)14(10-13)11-16(12(2)3)8-5-9-17/h12-14,17H,4-11H2,1-3H3. The molecule has 18 heavy (non-hydrogen) atoms. The molecule has 3 nitrogen and oxygen atoms in total. The van der Waals surface area contributed by atoms with Gasteiger partial charge >= 0.3 is 0 Å². The van der Waals surface area contributed by atoms with Gasteiger partial charge in [0.15, 0.2) is 0 Å². The summed E-state index contributed by atoms with van der Waals surface area (Å²) in [5, 5.41) is 8.94. The highest BCUT2D eigenvalue weighted by Crippen LogP contribution is 2.29. The minimum atomic E-state index is 0.227. The summed E-state index contributed by atoms with van der Waals surface area (Å²) < 4.78 is 0. The van der Waals surface area contributed by atoms with Crippen LogP contribution in [0.1, 0.15) is 52.9 Å². The summed E-state index contributed by atoms with van der Waals surface area (Å²) in [6.45, 7) is 8.58. The zero-order valence-corrected chi connectivity index (χ0v) is 12.2. The summed E-state index contributed by atoms with van der Waals surface area (Å²) in [5.74, 6) is 1.42. The van der Waals surface area contributed by atoms with Crippen LogP contribution in [0.15, 0.2) is 0 Å². The van der Waals surface area contributed by atoms with Crippen LogP contribution in [0.3, 0.4) is 0 Å². The molecule has 106 valence electrons. The molecule has 1 aliphatic carbocycles. The number of carbonyl (C=O) groups excluding carboxylic acids is 1. The molecule has 1 fully saturated rings. The molecule has 0 amide bonds. The highest BCUT2D eigenvalue weighted by Gasteiger charge is 2.29. The maximum atomic E-state index is 12.0. The van der Waals surface area contributed by atoms with Gasteiger partial charge in [-0.25, -0.2) is 0 Å². The van der Waals surface area contributed by atoms with Gasteiger partial charge in [-0.15, -0.1) is 0 Å². The molecular formula is C15H29NO2. The van der Waals surface area contributed by atoms with E-state index >= 15 is 0 Å². The second-order valence-electron chi connectivity index (χ2n) is 5.88. The Morgan fingerprint density at radius 2 is 2.17 bits per heavy atom. The summed E-state index contributed by atoms with van der Waals surface area (Å²) in [7, 11) is 0. The Morgan fingerprint density at radius 1 is 1.44 bits per heavy atom. The quantitative estimate of drug-likeness (QED) is 0.760. The normalized spacial score (nSPS) is 25.1. The van der Waals surface area contributed by atoms with Crippen LogP contribution < -0.4 is 0 Å². The SMILES string of the molecule is CCC1CCC(=O)C(CN(CCCO)C(C)C)C1. The summed E-state index contributed by atoms with van der Waals surface area (Å²) in [6, 6.07) is 0.450. The molecule has 1 N–H and O–H groups in total. The lowest BCUT2D eigenvalue weighted by atomic mass is 9.79. The monoisotopic (exact) mass is 255 g/mol. The van der Waals surface area contributed by atoms with Crippen LogP contribution in [0.4, 0.5) is 0 Å². The number of hydrogen-bond acceptors (Lipinski definition) is 3. The average molecular weight is 255 g/mol. The molecule has 1 saturated carbocycles. The van der Waals surface area contributed by atoms with Crippen molar-refractivity contribution in [2.45, 2.75) is 58.9 Å². The molecule has 2 atom stereocenters. The first-order valence-electron chi connectivity index (χ1n) is 7.46. The Kier molecular flexibility index (Phi) is 6.87. The fourth-order valence-corrected chi connectivity index (χ4v) is 2.87. The predicted octanol–water partition coefficient (Wildman–Crippen LogP) is 2.47. The predicted molar refractivity (Wildman–Crippen MR) is 74.5 cm³/mol. The van der Waals surface area contributed by atoms with Crippen molar-refractivity contribution in [3.8, 4) is 0 Å². The van der Waals surface area contributed by atoms with Gasteiger partial charge in [0, 0.05) is 38.1 Å². The number of ketones is 1. The van der Waals surface area contributed by atoms with E-state index in [4.69, 9.17) is 5.11 Å². The molecule has 0 aliphatic heterocycles. The maximum absolute atomic E-state index is 12.0. The lowest BCUT2D eigenvalue weighted by Gasteiger charge is -2.34. The van der Waals surface area contributed by atoms with Gasteiger partial charge in [-0.1, -0.05) is 13.3 Å². The molecule has 0 aromatic heterocycles. The summed E-state index contributed by atoms with van der Waals surface area (Å²) in [5.41, 5.74) is 0. The Balaban J connectivity index is 2.52. The third kappa shape index (κ3) is 4.69. The number of Topliss-reactive ketones (excluding diaryl/α,β-unsaturated/α-hetero) is 1. The largest absolute Gasteiger partial charge is 0.396 e. The minimum absolute atomic E-state index is 0.227. The minimum Gasteiger partial charge on any atom is -0.396 e. The lowest BCUT2D eigenvalue weighted by molar-refractivity contribution is -0.126. The number of aliphatic hydroxyl groups is 1. The first-order valence-corrected chi connectivity index (χ1v) is 7.46. The van der Waals surface area contributed by atoms with E-state index in [0.29, 0.717) is 11.8 Å². The fourth-order valence-electron chi connectivity index (χ4n) is 2.87. The first kappa shape index (κ1) is 15.6. The molecule has 3 heteroatoms. The van der Waals surface area contributed by atoms with Crippen LogP contribution in [0.25, 0.3) is 0 Å². The third-order valence-corrected chi connectivity index (χ3v) is 4.24. The molecule has 1 rings (SSSR count). The smallest absolute Gasteiger partial charge is 0.137 e. The average Bonchev–Trinajstić information content (AvgIpc) is 2.36. The Morgan fingerprint density at radius 3 is 2.72 bits per heavy atom. The van der Waals surface area contributed by atoms with Gasteiger partial charge in [0.25, 0.3) is 0 Å². The van der Waals surface area contributed by atoms with Gasteiger partial charge in [-0.05, 0) is 39.0 Å². The van der Waals surface area contributed by atoms with E-state index in [1.54, 1.807) is 0 Å². The second-order valence-corrected chi connectivity index (χ2v) is 5.88. The molecule has 2 unspecified atom stereocenters. The van der Waals surface area contributed by atoms with E-state index in [1.807, 2.05) is 0 Å². The van der Waals surface area contributed by atoms with Crippen molar-refractivity contribution in [3.05, 3.63) is 0 Å². The summed E-state index contributed by atoms with van der Waals surface area (Å²) >= 11 is 0. The van der Waals surface area contributed by atoms with Crippen LogP contribution in [0.5, 0.6) is 0 Å². The zero-order chi connectivity index (χ0) is 13.5. The van der Waals surface area contributed by atoms with E-state index in [-0.39, 0.29) is 12.5 Å². The molecular weight excluding hydrogens is 226 g/mol. The van der Waals surface area contributed by atoms with Crippen molar-refractivity contribution in [2.75, 3.05) is 19.7 Å². The van der Waals surface area contributed by atoms with Crippen molar-refractivity contribution in [1.29, 1.82) is 0 Å². The fraction of sp³-hybridized carbons (Fsp3) is 0.933. The van der Waals surface area contributed by atoms with Crippen LogP contribution >= 0.6 is 0 Å². The van der Waals surface area contributed by atoms with Crippen molar-refractivity contribution in [2.24, 2.45) is 11.8 Å². The van der Waals surface area contributed by atoms with E-state index in [9.17, 15) is 4.79 Å². The molecule has 0 saturated heterocycles. The van der Waals surface area contributed by atoms with Crippen LogP contribution in [-0.4, -0.2) is 41.5 Å². The van der Waals surface area contributed by atoms with Crippen molar-refractivity contribution in [1.82, 2.24) is 4.90 Å². The number of hydrogen-bond donors (Lipinski definition) is 1. The van der Waals surface area contributed by atoms with Gasteiger partial charge in [0.1, 0.15) is 5.78 Å². The molecule has 0 spiro atoms. The number of nitrogens with zero attached hydrogens (tertiary/aromatic N) is 1. The van der Waals surface area contributed by atoms with Crippen LogP contribution in [0, 0.1) is 11.8 Å². The Labute approximate surface area is 112 Å². The summed E-state index contributed by atoms with van der Waals surface area (Å²) in [6.07, 6.45) is 4.93. The lowest BCUT2D eigenvalue weighted by Crippen LogP contribution is -2.40. The van der Waals surface area contributed by atoms with E-state index < -0.39 is 0 Å². The van der Waals surface area contributed by atoms with Gasteiger partial charge in [0.2, 0.25) is 0 Å². The Hall–Kier alpha value is -0.410. The number of carbonyl (C=O) groups is 1. The van der Waals surface area contributed by atoms with Gasteiger partial charge in [-0.3, -0.25) is 4.79 Å². The second kappa shape index (κ2) is 7.90. The molecule has 0 aromatic rings. The molecule has 0 radical (unpaired) electrons. The highest BCUT2D eigenvalue weighted by atomic mass is 16.3. The van der Waals surface area contributed by atoms with Crippen molar-refractivity contribution >= 4 is 5.78 Å². The van der Waals surface area contributed by atoms with E-state index in [2.05, 4.69) is 25.7 Å². The van der Waals surface area contributed by atoms with Crippen LogP contribution in [-0.2, 0) is 4.79 Å². The van der Waals surface area contributed by atoms with Crippen molar-refractivity contribution in [3.63, 3.8) is 0 Å². The Bertz CT molecular complexity index is 253. The topological polar surface area (TPSA) is 40.5 Å². The third-order valence-electron chi connectivity index (χ3n) is 4.24. The number of aliphatic hydroxyl groups excluding tert-OH is 1. The first-order chi connectivity index (χ1) is 8.58. The van der Waals surface area contributed by atoms with Gasteiger partial charge in [-0.2, -0.15) is 0 Å². The molecule has 0 aromatic carbocycles. The van der Waals surface area contributed by atoms with Crippen LogP contribution in [0.2, 0.25) is 0 Å². The summed E-state index contributed by atoms with van der Waals surface area (Å²) in [4.78, 5) is 14.4. The van der Waals surface area contributed by atoms with E-state index in [0.717, 1.165) is 44.7 Å². The molecule has 0 bridgehead atoms. The van der Waals surface area contributed by atoms with Crippen molar-refractivity contribution < 1.29 is 9.90 Å². The maximum Gasteiger partial charge on any atom is 0.137 e. The number of rotatable bonds is 7. The zero-order valence-electron chi connectivity index (χ0n) is 12.2.